The second-order valence-corrected chi connectivity index (χ2v) is 8.62. The van der Waals surface area contributed by atoms with Crippen LogP contribution in [-0.4, -0.2) is 32.8 Å². The van der Waals surface area contributed by atoms with Gasteiger partial charge in [0.25, 0.3) is 5.89 Å². The van der Waals surface area contributed by atoms with Crippen molar-refractivity contribution in [2.24, 2.45) is 0 Å². The van der Waals surface area contributed by atoms with Crippen molar-refractivity contribution in [3.05, 3.63) is 70.6 Å². The maximum atomic E-state index is 5.86. The third-order valence-corrected chi connectivity index (χ3v) is 6.27. The van der Waals surface area contributed by atoms with E-state index in [1.54, 1.807) is 12.3 Å². The van der Waals surface area contributed by atoms with Crippen molar-refractivity contribution < 1.29 is 4.52 Å². The molecule has 0 radical (unpaired) electrons. The summed E-state index contributed by atoms with van der Waals surface area (Å²) in [6, 6.07) is 14.2. The molecule has 1 aliphatic carbocycles. The number of rotatable bonds is 5. The fourth-order valence-electron chi connectivity index (χ4n) is 3.91. The molecule has 0 bridgehead atoms. The van der Waals surface area contributed by atoms with Gasteiger partial charge in [0.15, 0.2) is 5.69 Å². The molecule has 3 aromatic heterocycles. The molecule has 5 rings (SSSR count). The molecule has 150 valence electrons. The van der Waals surface area contributed by atoms with Crippen molar-refractivity contribution in [3.63, 3.8) is 0 Å². The predicted octanol–water partition coefficient (Wildman–Crippen LogP) is 4.02. The van der Waals surface area contributed by atoms with Crippen LogP contribution in [0.15, 0.2) is 53.2 Å². The number of hydrogen-bond donors (Lipinski definition) is 0. The minimum absolute atomic E-state index is 0.324. The molecule has 0 N–H and O–H groups in total. The topological polar surface area (TPSA) is 69.6 Å². The SMILES string of the molecule is BC1(c2ccc(-c3noc(-c4cc(C)n(Cc5ccc(Cl)nc5)n4)n3)cc2)CCC1. The lowest BCUT2D eigenvalue weighted by molar-refractivity contribution is 0.362. The van der Waals surface area contributed by atoms with Gasteiger partial charge in [-0.25, -0.2) is 4.98 Å². The molecule has 0 aliphatic heterocycles. The van der Waals surface area contributed by atoms with E-state index in [1.165, 1.54) is 24.8 Å². The normalized spacial score (nSPS) is 15.1. The van der Waals surface area contributed by atoms with Crippen LogP contribution >= 0.6 is 11.6 Å². The zero-order valence-corrected chi connectivity index (χ0v) is 17.7. The smallest absolute Gasteiger partial charge is 0.278 e. The van der Waals surface area contributed by atoms with Gasteiger partial charge in [0, 0.05) is 17.5 Å². The predicted molar refractivity (Wildman–Crippen MR) is 118 cm³/mol. The van der Waals surface area contributed by atoms with Crippen molar-refractivity contribution in [3.8, 4) is 23.0 Å². The number of aryl methyl sites for hydroxylation is 1. The van der Waals surface area contributed by atoms with Crippen LogP contribution in [-0.2, 0) is 11.9 Å². The molecule has 3 heterocycles. The van der Waals surface area contributed by atoms with Crippen LogP contribution in [0.25, 0.3) is 23.0 Å². The van der Waals surface area contributed by atoms with Crippen molar-refractivity contribution >= 4 is 19.4 Å². The van der Waals surface area contributed by atoms with Gasteiger partial charge in [-0.2, -0.15) is 10.1 Å². The van der Waals surface area contributed by atoms with Crippen molar-refractivity contribution in [2.75, 3.05) is 0 Å². The van der Waals surface area contributed by atoms with Gasteiger partial charge in [-0.15, -0.1) is 0 Å². The average Bonchev–Trinajstić information content (AvgIpc) is 3.35. The van der Waals surface area contributed by atoms with Crippen LogP contribution in [0.4, 0.5) is 0 Å². The van der Waals surface area contributed by atoms with Gasteiger partial charge in [0.05, 0.1) is 6.54 Å². The molecule has 1 aromatic carbocycles. The molecule has 0 unspecified atom stereocenters. The Hall–Kier alpha value is -2.93. The summed E-state index contributed by atoms with van der Waals surface area (Å²) in [4.78, 5) is 8.69. The van der Waals surface area contributed by atoms with Gasteiger partial charge in [-0.05, 0) is 35.5 Å². The van der Waals surface area contributed by atoms with E-state index in [0.29, 0.717) is 34.4 Å². The first-order valence-corrected chi connectivity index (χ1v) is 10.5. The Morgan fingerprint density at radius 2 is 1.97 bits per heavy atom. The molecular weight excluding hydrogens is 397 g/mol. The van der Waals surface area contributed by atoms with Gasteiger partial charge in [0.2, 0.25) is 5.82 Å². The average molecular weight is 418 g/mol. The Morgan fingerprint density at radius 3 is 2.63 bits per heavy atom. The number of pyridine rings is 1. The van der Waals surface area contributed by atoms with E-state index in [9.17, 15) is 0 Å². The Morgan fingerprint density at radius 1 is 1.17 bits per heavy atom. The van der Waals surface area contributed by atoms with E-state index >= 15 is 0 Å². The monoisotopic (exact) mass is 417 g/mol. The summed E-state index contributed by atoms with van der Waals surface area (Å²) in [7, 11) is 2.33. The molecule has 30 heavy (non-hydrogen) atoms. The summed E-state index contributed by atoms with van der Waals surface area (Å²) in [5, 5.41) is 9.59. The molecule has 8 heteroatoms. The number of hydrogen-bond acceptors (Lipinski definition) is 5. The highest BCUT2D eigenvalue weighted by atomic mass is 35.5. The maximum Gasteiger partial charge on any atom is 0.278 e. The van der Waals surface area contributed by atoms with E-state index in [0.717, 1.165) is 16.8 Å². The van der Waals surface area contributed by atoms with Crippen LogP contribution < -0.4 is 0 Å². The number of benzene rings is 1. The molecule has 1 saturated carbocycles. The minimum atomic E-state index is 0.324. The van der Waals surface area contributed by atoms with E-state index < -0.39 is 0 Å². The molecule has 0 saturated heterocycles. The first-order chi connectivity index (χ1) is 14.5. The summed E-state index contributed by atoms with van der Waals surface area (Å²) in [6.45, 7) is 2.59. The molecule has 1 fully saturated rings. The largest absolute Gasteiger partial charge is 0.332 e. The lowest BCUT2D eigenvalue weighted by Gasteiger charge is -2.39. The van der Waals surface area contributed by atoms with Crippen molar-refractivity contribution in [2.45, 2.75) is 38.0 Å². The Balaban J connectivity index is 1.36. The lowest BCUT2D eigenvalue weighted by atomic mass is 9.52. The zero-order valence-electron chi connectivity index (χ0n) is 17.0. The Bertz CT molecular complexity index is 1180. The lowest BCUT2D eigenvalue weighted by Crippen LogP contribution is -2.34. The fraction of sp³-hybridized carbons (Fsp3) is 0.273. The highest BCUT2D eigenvalue weighted by Crippen LogP contribution is 2.41. The number of nitrogens with zero attached hydrogens (tertiary/aromatic N) is 5. The van der Waals surface area contributed by atoms with E-state index in [-0.39, 0.29) is 0 Å². The van der Waals surface area contributed by atoms with Crippen LogP contribution in [0, 0.1) is 6.92 Å². The number of halogens is 1. The van der Waals surface area contributed by atoms with Gasteiger partial charge in [-0.1, -0.05) is 66.4 Å². The van der Waals surface area contributed by atoms with Crippen LogP contribution in [0.2, 0.25) is 5.15 Å². The molecule has 0 spiro atoms. The van der Waals surface area contributed by atoms with E-state index in [2.05, 4.69) is 52.3 Å². The highest BCUT2D eigenvalue weighted by molar-refractivity contribution is 6.29. The first-order valence-electron chi connectivity index (χ1n) is 10.1. The molecule has 4 aromatic rings. The van der Waals surface area contributed by atoms with Crippen LogP contribution in [0.1, 0.15) is 36.1 Å². The van der Waals surface area contributed by atoms with E-state index in [4.69, 9.17) is 16.1 Å². The quantitative estimate of drug-likeness (QED) is 0.362. The summed E-state index contributed by atoms with van der Waals surface area (Å²) in [6.07, 6.45) is 5.58. The maximum absolute atomic E-state index is 5.86. The third-order valence-electron chi connectivity index (χ3n) is 6.04. The molecule has 6 nitrogen and oxygen atoms in total. The Kier molecular flexibility index (Phi) is 4.70. The second-order valence-electron chi connectivity index (χ2n) is 8.23. The first kappa shape index (κ1) is 19.1. The standard InChI is InChI=1S/C22H21BClN5O/c1-14-11-18(27-29(14)13-15-3-8-19(24)25-12-15)21-26-20(28-30-21)16-4-6-17(7-5-16)22(23)9-2-10-22/h3-8,11-12H,2,9-10,13,23H2,1H3. The minimum Gasteiger partial charge on any atom is -0.332 e. The molecular formula is C22H21BClN5O. The third kappa shape index (κ3) is 3.54. The molecule has 1 aliphatic rings. The summed E-state index contributed by atoms with van der Waals surface area (Å²) >= 11 is 5.86. The van der Waals surface area contributed by atoms with Crippen molar-refractivity contribution in [1.29, 1.82) is 0 Å². The Labute approximate surface area is 180 Å². The van der Waals surface area contributed by atoms with Crippen LogP contribution in [0.5, 0.6) is 0 Å². The molecule has 0 atom stereocenters. The summed E-state index contributed by atoms with van der Waals surface area (Å²) in [5.41, 5.74) is 5.00. The highest BCUT2D eigenvalue weighted by Gasteiger charge is 2.33. The summed E-state index contributed by atoms with van der Waals surface area (Å²) in [5.74, 6) is 0.987. The fourth-order valence-corrected chi connectivity index (χ4v) is 4.02. The van der Waals surface area contributed by atoms with Gasteiger partial charge in [0.1, 0.15) is 13.0 Å². The second kappa shape index (κ2) is 7.40. The zero-order chi connectivity index (χ0) is 20.7. The van der Waals surface area contributed by atoms with Gasteiger partial charge >= 0.3 is 0 Å². The number of aromatic nitrogens is 5. The summed E-state index contributed by atoms with van der Waals surface area (Å²) < 4.78 is 7.39. The van der Waals surface area contributed by atoms with E-state index in [1.807, 2.05) is 23.7 Å². The van der Waals surface area contributed by atoms with Gasteiger partial charge < -0.3 is 4.52 Å². The molecule has 0 amide bonds. The van der Waals surface area contributed by atoms with Crippen LogP contribution in [0.3, 0.4) is 0 Å². The van der Waals surface area contributed by atoms with Crippen molar-refractivity contribution in [1.82, 2.24) is 24.9 Å². The van der Waals surface area contributed by atoms with Gasteiger partial charge in [-0.3, -0.25) is 4.68 Å².